The van der Waals surface area contributed by atoms with Gasteiger partial charge in [0.1, 0.15) is 0 Å². The molecule has 0 bridgehead atoms. The van der Waals surface area contributed by atoms with E-state index in [9.17, 15) is 9.90 Å². The van der Waals surface area contributed by atoms with Crippen LogP contribution in [-0.4, -0.2) is 22.2 Å². The molecule has 0 fully saturated rings. The van der Waals surface area contributed by atoms with E-state index in [1.165, 1.54) is 11.3 Å². The first-order valence-electron chi connectivity index (χ1n) is 7.05. The number of hydrogen-bond acceptors (Lipinski definition) is 2. The third-order valence-corrected chi connectivity index (χ3v) is 4.05. The topological polar surface area (TPSA) is 68.2 Å². The minimum Gasteiger partial charge on any atom is -0.478 e. The van der Waals surface area contributed by atoms with Crippen molar-refractivity contribution in [2.75, 3.05) is 6.54 Å². The fraction of sp³-hybridized carbons (Fsp3) is 0.438. The highest BCUT2D eigenvalue weighted by Crippen LogP contribution is 2.30. The molecule has 2 rings (SSSR count). The second-order valence-corrected chi connectivity index (χ2v) is 5.21. The van der Waals surface area contributed by atoms with Gasteiger partial charge < -0.3 is 15.4 Å². The predicted octanol–water partition coefficient (Wildman–Crippen LogP) is 2.64. The van der Waals surface area contributed by atoms with Crippen LogP contribution in [-0.2, 0) is 19.9 Å². The van der Waals surface area contributed by atoms with Crippen molar-refractivity contribution in [3.63, 3.8) is 0 Å². The van der Waals surface area contributed by atoms with Crippen molar-refractivity contribution in [1.82, 2.24) is 4.57 Å². The Hall–Kier alpha value is -1.81. The minimum atomic E-state index is -0.868. The molecular weight excluding hydrogens is 252 g/mol. The summed E-state index contributed by atoms with van der Waals surface area (Å²) >= 11 is 0. The zero-order valence-corrected chi connectivity index (χ0v) is 12.4. The monoisotopic (exact) mass is 274 g/mol. The van der Waals surface area contributed by atoms with E-state index in [0.29, 0.717) is 12.1 Å². The Kier molecular flexibility index (Phi) is 4.14. The average Bonchev–Trinajstić information content (AvgIpc) is 2.68. The van der Waals surface area contributed by atoms with Crippen LogP contribution >= 0.6 is 0 Å². The Labute approximate surface area is 119 Å². The van der Waals surface area contributed by atoms with Crippen LogP contribution in [0.4, 0.5) is 0 Å². The van der Waals surface area contributed by atoms with Gasteiger partial charge in [0.15, 0.2) is 0 Å². The largest absolute Gasteiger partial charge is 0.478 e. The van der Waals surface area contributed by atoms with E-state index in [1.807, 2.05) is 7.05 Å². The molecule has 0 amide bonds. The van der Waals surface area contributed by atoms with E-state index in [4.69, 9.17) is 5.73 Å². The first-order valence-corrected chi connectivity index (χ1v) is 7.05. The molecule has 0 radical (unpaired) electrons. The normalized spacial score (nSPS) is 11.2. The highest BCUT2D eigenvalue weighted by atomic mass is 16.4. The average molecular weight is 274 g/mol. The molecule has 2 aromatic rings. The number of fused-ring (bicyclic) bond motifs is 1. The van der Waals surface area contributed by atoms with E-state index in [2.05, 4.69) is 18.4 Å². The second-order valence-electron chi connectivity index (χ2n) is 5.21. The Morgan fingerprint density at radius 1 is 1.40 bits per heavy atom. The molecule has 4 nitrogen and oxygen atoms in total. The lowest BCUT2D eigenvalue weighted by atomic mass is 10.00. The Bertz CT molecular complexity index is 656. The molecule has 0 atom stereocenters. The van der Waals surface area contributed by atoms with Gasteiger partial charge in [-0.15, -0.1) is 0 Å². The number of aromatic nitrogens is 1. The van der Waals surface area contributed by atoms with Crippen LogP contribution in [0.1, 0.15) is 40.5 Å². The molecule has 0 aliphatic heterocycles. The molecule has 4 heteroatoms. The summed E-state index contributed by atoms with van der Waals surface area (Å²) in [6.07, 6.45) is 2.63. The van der Waals surface area contributed by atoms with Gasteiger partial charge in [0.05, 0.1) is 11.1 Å². The summed E-state index contributed by atoms with van der Waals surface area (Å²) in [4.78, 5) is 11.3. The zero-order chi connectivity index (χ0) is 14.9. The van der Waals surface area contributed by atoms with Crippen LogP contribution < -0.4 is 5.73 Å². The standard InChI is InChI=1S/C16H22N2O2/c1-4-11-8-12(16(19)20)9-14-13(6-5-7-17)10(2)18(3)15(11)14/h8-9H,4-7,17H2,1-3H3,(H,19,20). The van der Waals surface area contributed by atoms with E-state index in [1.54, 1.807) is 12.1 Å². The predicted molar refractivity (Wildman–Crippen MR) is 81.4 cm³/mol. The Morgan fingerprint density at radius 2 is 2.10 bits per heavy atom. The fourth-order valence-corrected chi connectivity index (χ4v) is 2.87. The van der Waals surface area contributed by atoms with Gasteiger partial charge in [0.25, 0.3) is 0 Å². The van der Waals surface area contributed by atoms with Crippen LogP contribution in [0.3, 0.4) is 0 Å². The van der Waals surface area contributed by atoms with Crippen LogP contribution in [0.15, 0.2) is 12.1 Å². The molecule has 3 N–H and O–H groups in total. The van der Waals surface area contributed by atoms with Crippen molar-refractivity contribution >= 4 is 16.9 Å². The van der Waals surface area contributed by atoms with Gasteiger partial charge in [-0.2, -0.15) is 0 Å². The van der Waals surface area contributed by atoms with Crippen LogP contribution in [0.2, 0.25) is 0 Å². The van der Waals surface area contributed by atoms with Crippen molar-refractivity contribution < 1.29 is 9.90 Å². The number of rotatable bonds is 5. The number of carboxylic acid groups (broad SMARTS) is 1. The number of nitrogens with two attached hydrogens (primary N) is 1. The summed E-state index contributed by atoms with van der Waals surface area (Å²) < 4.78 is 2.17. The van der Waals surface area contributed by atoms with Crippen molar-refractivity contribution in [2.24, 2.45) is 12.8 Å². The first-order chi connectivity index (χ1) is 9.51. The number of aryl methyl sites for hydroxylation is 3. The highest BCUT2D eigenvalue weighted by molar-refractivity contribution is 5.97. The minimum absolute atomic E-state index is 0.369. The van der Waals surface area contributed by atoms with E-state index in [-0.39, 0.29) is 0 Å². The van der Waals surface area contributed by atoms with Gasteiger partial charge in [-0.05, 0) is 56.0 Å². The molecule has 1 aromatic heterocycles. The van der Waals surface area contributed by atoms with Gasteiger partial charge in [-0.1, -0.05) is 6.92 Å². The first kappa shape index (κ1) is 14.6. The molecule has 108 valence electrons. The molecule has 0 saturated carbocycles. The summed E-state index contributed by atoms with van der Waals surface area (Å²) in [6.45, 7) is 4.79. The molecule has 0 saturated heterocycles. The van der Waals surface area contributed by atoms with Crippen LogP contribution in [0.25, 0.3) is 10.9 Å². The maximum atomic E-state index is 11.3. The Balaban J connectivity index is 2.76. The zero-order valence-electron chi connectivity index (χ0n) is 12.4. The van der Waals surface area contributed by atoms with E-state index < -0.39 is 5.97 Å². The molecule has 20 heavy (non-hydrogen) atoms. The number of aromatic carboxylic acids is 1. The molecule has 0 unspecified atom stereocenters. The lowest BCUT2D eigenvalue weighted by Gasteiger charge is -2.06. The number of hydrogen-bond donors (Lipinski definition) is 2. The second kappa shape index (κ2) is 5.67. The van der Waals surface area contributed by atoms with Gasteiger partial charge in [0.2, 0.25) is 0 Å². The van der Waals surface area contributed by atoms with Crippen molar-refractivity contribution in [3.8, 4) is 0 Å². The molecule has 1 heterocycles. The van der Waals surface area contributed by atoms with Crippen LogP contribution in [0.5, 0.6) is 0 Å². The molecule has 0 spiro atoms. The molecule has 1 aromatic carbocycles. The van der Waals surface area contributed by atoms with E-state index in [0.717, 1.165) is 35.7 Å². The van der Waals surface area contributed by atoms with Gasteiger partial charge >= 0.3 is 5.97 Å². The third-order valence-electron chi connectivity index (χ3n) is 4.05. The third kappa shape index (κ3) is 2.31. The number of carboxylic acids is 1. The quantitative estimate of drug-likeness (QED) is 0.880. The summed E-state index contributed by atoms with van der Waals surface area (Å²) in [6, 6.07) is 3.59. The smallest absolute Gasteiger partial charge is 0.335 e. The van der Waals surface area contributed by atoms with Gasteiger partial charge in [-0.3, -0.25) is 0 Å². The lowest BCUT2D eigenvalue weighted by Crippen LogP contribution is -2.01. The summed E-state index contributed by atoms with van der Waals surface area (Å²) in [7, 11) is 2.04. The lowest BCUT2D eigenvalue weighted by molar-refractivity contribution is 0.0697. The molecule has 0 aliphatic rings. The highest BCUT2D eigenvalue weighted by Gasteiger charge is 2.17. The van der Waals surface area contributed by atoms with E-state index >= 15 is 0 Å². The maximum Gasteiger partial charge on any atom is 0.335 e. The summed E-state index contributed by atoms with van der Waals surface area (Å²) in [5.74, 6) is -0.868. The molecule has 0 aliphatic carbocycles. The number of carbonyl (C=O) groups is 1. The van der Waals surface area contributed by atoms with Crippen molar-refractivity contribution in [3.05, 3.63) is 34.5 Å². The fourth-order valence-electron chi connectivity index (χ4n) is 2.87. The molecular formula is C16H22N2O2. The van der Waals surface area contributed by atoms with Crippen molar-refractivity contribution in [1.29, 1.82) is 0 Å². The Morgan fingerprint density at radius 3 is 2.65 bits per heavy atom. The van der Waals surface area contributed by atoms with Gasteiger partial charge in [-0.25, -0.2) is 4.79 Å². The van der Waals surface area contributed by atoms with Crippen molar-refractivity contribution in [2.45, 2.75) is 33.1 Å². The summed E-state index contributed by atoms with van der Waals surface area (Å²) in [5, 5.41) is 10.3. The van der Waals surface area contributed by atoms with Crippen LogP contribution in [0, 0.1) is 6.92 Å². The maximum absolute atomic E-state index is 11.3. The summed E-state index contributed by atoms with van der Waals surface area (Å²) in [5.41, 5.74) is 10.6. The SMILES string of the molecule is CCc1cc(C(=O)O)cc2c(CCCN)c(C)n(C)c12. The number of benzene rings is 1. The van der Waals surface area contributed by atoms with Gasteiger partial charge in [0, 0.05) is 18.1 Å². The number of nitrogens with zero attached hydrogens (tertiary/aromatic N) is 1.